The molecule has 0 unspecified atom stereocenters. The number of aryl methyl sites for hydroxylation is 1. The molecule has 6 nitrogen and oxygen atoms in total. The number of thiophene rings is 1. The lowest BCUT2D eigenvalue weighted by Crippen LogP contribution is -2.36. The molecule has 1 saturated carbocycles. The van der Waals surface area contributed by atoms with Crippen LogP contribution in [-0.2, 0) is 23.2 Å². The van der Waals surface area contributed by atoms with Crippen LogP contribution < -0.4 is 5.56 Å². The zero-order valence-electron chi connectivity index (χ0n) is 22.3. The van der Waals surface area contributed by atoms with Crippen LogP contribution in [0.2, 0.25) is 5.02 Å². The molecule has 3 heterocycles. The standard InChI is InChI=1S/C33H28ClN3O3S/c34-23-9-4-7-21(17-23)29(38)31(40)37-15-5-11-27-25(18-37)30(39)36-32(35-27)33(13-14-33)22-8-3-6-20(16-22)26-19-41-28-12-2-1-10-24(26)28/h1-4,6-10,12,16-17,19,29,38H,5,11,13-15,18H2,(H,35,36,39)/t29-/m1/s1. The van der Waals surface area contributed by atoms with Crippen LogP contribution in [0.4, 0.5) is 0 Å². The lowest BCUT2D eigenvalue weighted by Gasteiger charge is -2.24. The van der Waals surface area contributed by atoms with Gasteiger partial charge >= 0.3 is 0 Å². The Morgan fingerprint density at radius 1 is 1.07 bits per heavy atom. The van der Waals surface area contributed by atoms with Crippen molar-refractivity contribution in [3.63, 3.8) is 0 Å². The monoisotopic (exact) mass is 581 g/mol. The second kappa shape index (κ2) is 10.2. The van der Waals surface area contributed by atoms with E-state index in [0.29, 0.717) is 41.4 Å². The number of aliphatic hydroxyl groups is 1. The Hall–Kier alpha value is -3.78. The predicted octanol–water partition coefficient (Wildman–Crippen LogP) is 6.39. The highest BCUT2D eigenvalue weighted by Gasteiger charge is 2.49. The molecule has 1 atom stereocenters. The maximum Gasteiger partial charge on any atom is 0.256 e. The van der Waals surface area contributed by atoms with Crippen molar-refractivity contribution in [3.8, 4) is 11.1 Å². The second-order valence-electron chi connectivity index (χ2n) is 11.0. The SMILES string of the molecule is O=C([C@H](O)c1cccc(Cl)c1)N1CCCc2nc(C3(c4cccc(-c5csc6ccccc56)c4)CC3)[nH]c(=O)c2C1. The summed E-state index contributed by atoms with van der Waals surface area (Å²) in [5.74, 6) is 0.257. The lowest BCUT2D eigenvalue weighted by atomic mass is 9.91. The summed E-state index contributed by atoms with van der Waals surface area (Å²) in [7, 11) is 0. The molecule has 1 fully saturated rings. The number of carbonyl (C=O) groups is 1. The number of aromatic nitrogens is 2. The maximum absolute atomic E-state index is 13.5. The van der Waals surface area contributed by atoms with E-state index in [4.69, 9.17) is 16.6 Å². The number of amides is 1. The molecule has 0 saturated heterocycles. The molecule has 8 heteroatoms. The smallest absolute Gasteiger partial charge is 0.256 e. The van der Waals surface area contributed by atoms with Crippen LogP contribution in [0, 0.1) is 0 Å². The van der Waals surface area contributed by atoms with Gasteiger partial charge in [-0.2, -0.15) is 0 Å². The molecule has 7 rings (SSSR count). The van der Waals surface area contributed by atoms with E-state index in [1.54, 1.807) is 40.5 Å². The fourth-order valence-corrected chi connectivity index (χ4v) is 7.17. The normalized spacial score (nSPS) is 16.7. The van der Waals surface area contributed by atoms with E-state index >= 15 is 0 Å². The topological polar surface area (TPSA) is 86.3 Å². The number of nitrogens with one attached hydrogen (secondary N) is 1. The molecule has 2 N–H and O–H groups in total. The van der Waals surface area contributed by atoms with Gasteiger partial charge in [-0.3, -0.25) is 9.59 Å². The third-order valence-electron chi connectivity index (χ3n) is 8.41. The molecule has 1 aliphatic heterocycles. The number of rotatable bonds is 5. The Balaban J connectivity index is 1.19. The first-order valence-electron chi connectivity index (χ1n) is 13.8. The molecular formula is C33H28ClN3O3S. The summed E-state index contributed by atoms with van der Waals surface area (Å²) in [5, 5.41) is 14.7. The van der Waals surface area contributed by atoms with E-state index in [9.17, 15) is 14.7 Å². The summed E-state index contributed by atoms with van der Waals surface area (Å²) in [6, 6.07) is 23.7. The molecule has 41 heavy (non-hydrogen) atoms. The van der Waals surface area contributed by atoms with Crippen LogP contribution in [0.3, 0.4) is 0 Å². The van der Waals surface area contributed by atoms with Crippen molar-refractivity contribution in [1.82, 2.24) is 14.9 Å². The Kier molecular flexibility index (Phi) is 6.53. The van der Waals surface area contributed by atoms with Crippen LogP contribution >= 0.6 is 22.9 Å². The van der Waals surface area contributed by atoms with Gasteiger partial charge in [-0.15, -0.1) is 11.3 Å². The Morgan fingerprint density at radius 3 is 2.73 bits per heavy atom. The first kappa shape index (κ1) is 26.1. The predicted molar refractivity (Wildman–Crippen MR) is 162 cm³/mol. The number of hydrogen-bond acceptors (Lipinski definition) is 5. The third-order valence-corrected chi connectivity index (χ3v) is 9.61. The van der Waals surface area contributed by atoms with Gasteiger partial charge in [-0.25, -0.2) is 4.98 Å². The van der Waals surface area contributed by atoms with Crippen LogP contribution in [0.15, 0.2) is 83.0 Å². The van der Waals surface area contributed by atoms with Gasteiger partial charge in [-0.05, 0) is 66.0 Å². The zero-order chi connectivity index (χ0) is 28.1. The van der Waals surface area contributed by atoms with Crippen molar-refractivity contribution in [2.24, 2.45) is 0 Å². The molecule has 5 aromatic rings. The molecule has 0 spiro atoms. The van der Waals surface area contributed by atoms with Crippen LogP contribution in [-0.4, -0.2) is 32.4 Å². The fourth-order valence-electron chi connectivity index (χ4n) is 6.00. The number of H-pyrrole nitrogens is 1. The minimum Gasteiger partial charge on any atom is -0.378 e. The minimum absolute atomic E-state index is 0.113. The first-order valence-corrected chi connectivity index (χ1v) is 15.1. The number of benzene rings is 3. The summed E-state index contributed by atoms with van der Waals surface area (Å²) in [5.41, 5.74) is 4.67. The molecule has 2 aromatic heterocycles. The molecule has 0 bridgehead atoms. The molecule has 3 aromatic carbocycles. The Bertz CT molecular complexity index is 1860. The van der Waals surface area contributed by atoms with Gasteiger partial charge in [-0.1, -0.05) is 66.2 Å². The highest BCUT2D eigenvalue weighted by atomic mass is 35.5. The van der Waals surface area contributed by atoms with Gasteiger partial charge in [0.05, 0.1) is 23.2 Å². The summed E-state index contributed by atoms with van der Waals surface area (Å²) in [6.07, 6.45) is 1.74. The lowest BCUT2D eigenvalue weighted by molar-refractivity contribution is -0.141. The quantitative estimate of drug-likeness (QED) is 0.252. The average Bonchev–Trinajstić information content (AvgIpc) is 3.74. The molecular weight excluding hydrogens is 554 g/mol. The largest absolute Gasteiger partial charge is 0.378 e. The first-order chi connectivity index (χ1) is 19.9. The van der Waals surface area contributed by atoms with Crippen LogP contribution in [0.1, 0.15) is 53.6 Å². The van der Waals surface area contributed by atoms with E-state index in [1.165, 1.54) is 15.6 Å². The van der Waals surface area contributed by atoms with E-state index in [2.05, 4.69) is 58.9 Å². The summed E-state index contributed by atoms with van der Waals surface area (Å²) in [6.45, 7) is 0.547. The van der Waals surface area contributed by atoms with E-state index in [-0.39, 0.29) is 17.5 Å². The van der Waals surface area contributed by atoms with E-state index < -0.39 is 12.0 Å². The van der Waals surface area contributed by atoms with Gasteiger partial charge in [0.15, 0.2) is 6.10 Å². The summed E-state index contributed by atoms with van der Waals surface area (Å²) in [4.78, 5) is 36.4. The third kappa shape index (κ3) is 4.68. The van der Waals surface area contributed by atoms with Crippen LogP contribution in [0.25, 0.3) is 21.2 Å². The summed E-state index contributed by atoms with van der Waals surface area (Å²) < 4.78 is 1.26. The van der Waals surface area contributed by atoms with Gasteiger partial charge in [0, 0.05) is 27.2 Å². The van der Waals surface area contributed by atoms with Gasteiger partial charge in [0.25, 0.3) is 11.5 Å². The number of hydrogen-bond donors (Lipinski definition) is 2. The highest BCUT2D eigenvalue weighted by Crippen LogP contribution is 2.53. The number of carbonyl (C=O) groups excluding carboxylic acids is 1. The number of nitrogens with zero attached hydrogens (tertiary/aromatic N) is 2. The summed E-state index contributed by atoms with van der Waals surface area (Å²) >= 11 is 7.81. The Labute approximate surface area is 246 Å². The zero-order valence-corrected chi connectivity index (χ0v) is 23.8. The molecule has 0 radical (unpaired) electrons. The number of halogens is 1. The van der Waals surface area contributed by atoms with Gasteiger partial charge < -0.3 is 15.0 Å². The number of aliphatic hydroxyl groups excluding tert-OH is 1. The van der Waals surface area contributed by atoms with Crippen molar-refractivity contribution < 1.29 is 9.90 Å². The number of aromatic amines is 1. The van der Waals surface area contributed by atoms with E-state index in [1.807, 2.05) is 0 Å². The van der Waals surface area contributed by atoms with E-state index in [0.717, 1.165) is 29.7 Å². The van der Waals surface area contributed by atoms with Crippen molar-refractivity contribution in [1.29, 1.82) is 0 Å². The fraction of sp³-hybridized carbons (Fsp3) is 0.242. The molecule has 206 valence electrons. The van der Waals surface area contributed by atoms with Crippen LogP contribution in [0.5, 0.6) is 0 Å². The van der Waals surface area contributed by atoms with Gasteiger partial charge in [0.2, 0.25) is 0 Å². The van der Waals surface area contributed by atoms with Crippen molar-refractivity contribution in [2.45, 2.75) is 43.7 Å². The molecule has 1 aliphatic carbocycles. The molecule has 1 amide bonds. The van der Waals surface area contributed by atoms with Crippen molar-refractivity contribution in [2.75, 3.05) is 6.54 Å². The van der Waals surface area contributed by atoms with Crippen molar-refractivity contribution in [3.05, 3.63) is 122 Å². The number of fused-ring (bicyclic) bond motifs is 2. The highest BCUT2D eigenvalue weighted by molar-refractivity contribution is 7.17. The van der Waals surface area contributed by atoms with Crippen molar-refractivity contribution >= 4 is 38.9 Å². The molecule has 2 aliphatic rings. The average molecular weight is 582 g/mol. The minimum atomic E-state index is -1.34. The second-order valence-corrected chi connectivity index (χ2v) is 12.3. The maximum atomic E-state index is 13.5. The Morgan fingerprint density at radius 2 is 1.90 bits per heavy atom. The van der Waals surface area contributed by atoms with Gasteiger partial charge in [0.1, 0.15) is 5.82 Å².